The van der Waals surface area contributed by atoms with Crippen molar-refractivity contribution in [2.24, 2.45) is 0 Å². The second-order valence-electron chi connectivity index (χ2n) is 4.22. The molecule has 104 valence electrons. The number of hydrogen-bond acceptors (Lipinski definition) is 3. The average Bonchev–Trinajstić information content (AvgIpc) is 2.38. The molecular formula is C15H14ClNO3. The Balaban J connectivity index is 2.48. The number of nitrogens with two attached hydrogens (primary N) is 1. The van der Waals surface area contributed by atoms with Crippen molar-refractivity contribution in [2.45, 2.75) is 6.92 Å². The van der Waals surface area contributed by atoms with E-state index in [1.165, 1.54) is 6.07 Å². The van der Waals surface area contributed by atoms with Crippen LogP contribution in [0.4, 0.5) is 5.69 Å². The molecule has 0 amide bonds. The van der Waals surface area contributed by atoms with Crippen molar-refractivity contribution in [3.05, 3.63) is 47.0 Å². The van der Waals surface area contributed by atoms with Crippen molar-refractivity contribution in [1.82, 2.24) is 0 Å². The maximum absolute atomic E-state index is 11.1. The van der Waals surface area contributed by atoms with Gasteiger partial charge in [0, 0.05) is 11.3 Å². The molecular weight excluding hydrogens is 278 g/mol. The lowest BCUT2D eigenvalue weighted by Gasteiger charge is -2.09. The zero-order valence-corrected chi connectivity index (χ0v) is 11.6. The maximum atomic E-state index is 11.1. The molecule has 2 aromatic rings. The summed E-state index contributed by atoms with van der Waals surface area (Å²) in [4.78, 5) is 11.1. The highest BCUT2D eigenvalue weighted by Gasteiger charge is 2.10. The standard InChI is InChI=1S/C15H14ClNO3/c1-2-20-12-3-4-13(14(16)8-12)9-5-10(15(18)19)7-11(17)6-9/h3-8H,2,17H2,1H3,(H,18,19). The second-order valence-corrected chi connectivity index (χ2v) is 4.63. The number of ether oxygens (including phenoxy) is 1. The molecule has 20 heavy (non-hydrogen) atoms. The molecule has 0 aliphatic heterocycles. The van der Waals surface area contributed by atoms with Gasteiger partial charge in [-0.3, -0.25) is 0 Å². The lowest BCUT2D eigenvalue weighted by Crippen LogP contribution is -1.99. The quantitative estimate of drug-likeness (QED) is 0.843. The van der Waals surface area contributed by atoms with Gasteiger partial charge in [0.25, 0.3) is 0 Å². The van der Waals surface area contributed by atoms with Crippen molar-refractivity contribution >= 4 is 23.3 Å². The number of aromatic carboxylic acids is 1. The number of carboxylic acids is 1. The van der Waals surface area contributed by atoms with Crippen LogP contribution in [0.5, 0.6) is 5.75 Å². The minimum atomic E-state index is -1.03. The summed E-state index contributed by atoms with van der Waals surface area (Å²) in [6.07, 6.45) is 0. The Hall–Kier alpha value is -2.20. The van der Waals surface area contributed by atoms with Gasteiger partial charge in [0.15, 0.2) is 0 Å². The zero-order valence-electron chi connectivity index (χ0n) is 10.9. The Kier molecular flexibility index (Phi) is 4.15. The summed E-state index contributed by atoms with van der Waals surface area (Å²) in [6.45, 7) is 2.44. The van der Waals surface area contributed by atoms with Crippen LogP contribution >= 0.6 is 11.6 Å². The van der Waals surface area contributed by atoms with E-state index in [0.717, 1.165) is 0 Å². The zero-order chi connectivity index (χ0) is 14.7. The smallest absolute Gasteiger partial charge is 0.335 e. The van der Waals surface area contributed by atoms with Crippen molar-refractivity contribution in [2.75, 3.05) is 12.3 Å². The number of carbonyl (C=O) groups is 1. The van der Waals surface area contributed by atoms with Crippen LogP contribution < -0.4 is 10.5 Å². The van der Waals surface area contributed by atoms with Gasteiger partial charge in [-0.15, -0.1) is 0 Å². The largest absolute Gasteiger partial charge is 0.494 e. The van der Waals surface area contributed by atoms with Gasteiger partial charge in [0.05, 0.1) is 17.2 Å². The summed E-state index contributed by atoms with van der Waals surface area (Å²) in [5.41, 5.74) is 7.62. The van der Waals surface area contributed by atoms with E-state index in [2.05, 4.69) is 0 Å². The second kappa shape index (κ2) is 5.84. The molecule has 2 aromatic carbocycles. The third-order valence-electron chi connectivity index (χ3n) is 2.76. The minimum Gasteiger partial charge on any atom is -0.494 e. The Morgan fingerprint density at radius 2 is 2.05 bits per heavy atom. The molecule has 5 heteroatoms. The van der Waals surface area contributed by atoms with Crippen LogP contribution in [0.2, 0.25) is 5.02 Å². The van der Waals surface area contributed by atoms with E-state index < -0.39 is 5.97 Å². The topological polar surface area (TPSA) is 72.5 Å². The normalized spacial score (nSPS) is 10.3. The molecule has 0 fully saturated rings. The number of halogens is 1. The highest BCUT2D eigenvalue weighted by atomic mass is 35.5. The molecule has 0 heterocycles. The van der Waals surface area contributed by atoms with Crippen LogP contribution in [0, 0.1) is 0 Å². The van der Waals surface area contributed by atoms with Crippen molar-refractivity contribution in [3.63, 3.8) is 0 Å². The van der Waals surface area contributed by atoms with Crippen LogP contribution in [0.3, 0.4) is 0 Å². The highest BCUT2D eigenvalue weighted by molar-refractivity contribution is 6.33. The summed E-state index contributed by atoms with van der Waals surface area (Å²) in [6, 6.07) is 9.91. The number of carboxylic acid groups (broad SMARTS) is 1. The molecule has 0 radical (unpaired) electrons. The first-order chi connectivity index (χ1) is 9.51. The van der Waals surface area contributed by atoms with E-state index in [4.69, 9.17) is 27.2 Å². The van der Waals surface area contributed by atoms with Gasteiger partial charge in [-0.25, -0.2) is 4.79 Å². The van der Waals surface area contributed by atoms with Gasteiger partial charge in [0.2, 0.25) is 0 Å². The molecule has 0 atom stereocenters. The molecule has 0 aliphatic rings. The predicted octanol–water partition coefficient (Wildman–Crippen LogP) is 3.69. The summed E-state index contributed by atoms with van der Waals surface area (Å²) in [5, 5.41) is 9.54. The number of benzene rings is 2. The van der Waals surface area contributed by atoms with E-state index in [0.29, 0.717) is 34.2 Å². The van der Waals surface area contributed by atoms with Crippen molar-refractivity contribution in [3.8, 4) is 16.9 Å². The molecule has 0 aliphatic carbocycles. The SMILES string of the molecule is CCOc1ccc(-c2cc(N)cc(C(=O)O)c2)c(Cl)c1. The number of nitrogen functional groups attached to an aromatic ring is 1. The molecule has 2 rings (SSSR count). The molecule has 3 N–H and O–H groups in total. The fourth-order valence-corrected chi connectivity index (χ4v) is 2.20. The predicted molar refractivity (Wildman–Crippen MR) is 79.4 cm³/mol. The maximum Gasteiger partial charge on any atom is 0.335 e. The van der Waals surface area contributed by atoms with Gasteiger partial charge >= 0.3 is 5.97 Å². The number of rotatable bonds is 4. The molecule has 0 spiro atoms. The molecule has 4 nitrogen and oxygen atoms in total. The minimum absolute atomic E-state index is 0.130. The fourth-order valence-electron chi connectivity index (χ4n) is 1.92. The molecule has 0 aromatic heterocycles. The monoisotopic (exact) mass is 291 g/mol. The van der Waals surface area contributed by atoms with E-state index >= 15 is 0 Å². The van der Waals surface area contributed by atoms with Crippen LogP contribution in [0.1, 0.15) is 17.3 Å². The molecule has 0 saturated heterocycles. The highest BCUT2D eigenvalue weighted by Crippen LogP contribution is 2.32. The van der Waals surface area contributed by atoms with Crippen LogP contribution in [-0.4, -0.2) is 17.7 Å². The first kappa shape index (κ1) is 14.2. The van der Waals surface area contributed by atoms with Crippen LogP contribution in [0.15, 0.2) is 36.4 Å². The average molecular weight is 292 g/mol. The molecule has 0 bridgehead atoms. The summed E-state index contributed by atoms with van der Waals surface area (Å²) < 4.78 is 5.36. The van der Waals surface area contributed by atoms with Crippen molar-refractivity contribution in [1.29, 1.82) is 0 Å². The lowest BCUT2D eigenvalue weighted by molar-refractivity contribution is 0.0697. The van der Waals surface area contributed by atoms with Crippen molar-refractivity contribution < 1.29 is 14.6 Å². The summed E-state index contributed by atoms with van der Waals surface area (Å²) >= 11 is 6.22. The first-order valence-corrected chi connectivity index (χ1v) is 6.45. The summed E-state index contributed by atoms with van der Waals surface area (Å²) in [5.74, 6) is -0.357. The van der Waals surface area contributed by atoms with Crippen LogP contribution in [0.25, 0.3) is 11.1 Å². The van der Waals surface area contributed by atoms with Gasteiger partial charge < -0.3 is 15.6 Å². The van der Waals surface area contributed by atoms with E-state index in [-0.39, 0.29) is 5.56 Å². The van der Waals surface area contributed by atoms with Crippen LogP contribution in [-0.2, 0) is 0 Å². The third kappa shape index (κ3) is 3.03. The number of anilines is 1. The van der Waals surface area contributed by atoms with Gasteiger partial charge in [-0.1, -0.05) is 11.6 Å². The fraction of sp³-hybridized carbons (Fsp3) is 0.133. The Bertz CT molecular complexity index is 656. The number of hydrogen-bond donors (Lipinski definition) is 2. The first-order valence-electron chi connectivity index (χ1n) is 6.08. The Morgan fingerprint density at radius 3 is 2.65 bits per heavy atom. The third-order valence-corrected chi connectivity index (χ3v) is 3.08. The lowest BCUT2D eigenvalue weighted by atomic mass is 10.0. The summed E-state index contributed by atoms with van der Waals surface area (Å²) in [7, 11) is 0. The van der Waals surface area contributed by atoms with Gasteiger partial charge in [-0.2, -0.15) is 0 Å². The Morgan fingerprint density at radius 1 is 1.30 bits per heavy atom. The molecule has 0 unspecified atom stereocenters. The van der Waals surface area contributed by atoms with E-state index in [1.807, 2.05) is 6.92 Å². The Labute approximate surface area is 121 Å². The van der Waals surface area contributed by atoms with E-state index in [9.17, 15) is 4.79 Å². The van der Waals surface area contributed by atoms with Gasteiger partial charge in [0.1, 0.15) is 5.75 Å². The van der Waals surface area contributed by atoms with E-state index in [1.54, 1.807) is 30.3 Å². The van der Waals surface area contributed by atoms with Gasteiger partial charge in [-0.05, 0) is 48.9 Å². The molecule has 0 saturated carbocycles.